The van der Waals surface area contributed by atoms with Crippen LogP contribution in [0.1, 0.15) is 16.4 Å². The smallest absolute Gasteiger partial charge is 0.0467 e. The fraction of sp³-hybridized carbons (Fsp3) is 0.214. The van der Waals surface area contributed by atoms with Gasteiger partial charge in [-0.2, -0.15) is 0 Å². The van der Waals surface area contributed by atoms with E-state index in [0.717, 1.165) is 0 Å². The fourth-order valence-electron chi connectivity index (χ4n) is 1.68. The lowest BCUT2D eigenvalue weighted by atomic mass is 10.2. The highest BCUT2D eigenvalue weighted by Crippen LogP contribution is 2.34. The molecule has 3 heteroatoms. The number of thioether (sulfide) groups is 1. The predicted molar refractivity (Wildman–Crippen MR) is 73.1 cm³/mol. The molecular weight excluding hydrogens is 228 g/mol. The van der Waals surface area contributed by atoms with Gasteiger partial charge >= 0.3 is 0 Å². The summed E-state index contributed by atoms with van der Waals surface area (Å²) in [6.45, 7) is 2.73. The van der Waals surface area contributed by atoms with Gasteiger partial charge in [0.15, 0.2) is 0 Å². The fourth-order valence-corrected chi connectivity index (χ4v) is 2.81. The lowest BCUT2D eigenvalue weighted by Crippen LogP contribution is -2.09. The molecule has 0 radical (unpaired) electrons. The molecule has 17 heavy (non-hydrogen) atoms. The Labute approximate surface area is 106 Å². The summed E-state index contributed by atoms with van der Waals surface area (Å²) in [5.74, 6) is 0. The van der Waals surface area contributed by atoms with E-state index in [9.17, 15) is 0 Å². The number of nitrogens with zero attached hydrogens (tertiary/aromatic N) is 1. The Morgan fingerprint density at radius 3 is 2.65 bits per heavy atom. The topological polar surface area (TPSA) is 38.9 Å². The van der Waals surface area contributed by atoms with Crippen molar-refractivity contribution in [3.63, 3.8) is 0 Å². The van der Waals surface area contributed by atoms with Crippen molar-refractivity contribution in [1.82, 2.24) is 4.98 Å². The first-order valence-electron chi connectivity index (χ1n) is 5.63. The monoisotopic (exact) mass is 244 g/mol. The van der Waals surface area contributed by atoms with Crippen LogP contribution in [0.3, 0.4) is 0 Å². The summed E-state index contributed by atoms with van der Waals surface area (Å²) in [5.41, 5.74) is 8.36. The highest BCUT2D eigenvalue weighted by atomic mass is 32.2. The van der Waals surface area contributed by atoms with Gasteiger partial charge in [-0.25, -0.2) is 0 Å². The van der Waals surface area contributed by atoms with Crippen molar-refractivity contribution in [1.29, 1.82) is 0 Å². The molecule has 2 nitrogen and oxygen atoms in total. The quantitative estimate of drug-likeness (QED) is 0.840. The van der Waals surface area contributed by atoms with Crippen molar-refractivity contribution in [3.05, 3.63) is 59.9 Å². The van der Waals surface area contributed by atoms with E-state index in [0.29, 0.717) is 11.8 Å². The van der Waals surface area contributed by atoms with E-state index in [2.05, 4.69) is 36.2 Å². The van der Waals surface area contributed by atoms with Gasteiger partial charge in [0.2, 0.25) is 0 Å². The summed E-state index contributed by atoms with van der Waals surface area (Å²) in [6, 6.07) is 12.6. The Balaban J connectivity index is 2.16. The lowest BCUT2D eigenvalue weighted by Gasteiger charge is -2.14. The highest BCUT2D eigenvalue weighted by molar-refractivity contribution is 7.99. The Bertz CT molecular complexity index is 471. The van der Waals surface area contributed by atoms with E-state index in [-0.39, 0.29) is 0 Å². The van der Waals surface area contributed by atoms with Gasteiger partial charge in [0.25, 0.3) is 0 Å². The molecule has 1 atom stereocenters. The van der Waals surface area contributed by atoms with Crippen LogP contribution >= 0.6 is 11.8 Å². The maximum atomic E-state index is 5.85. The Morgan fingerprint density at radius 1 is 1.24 bits per heavy atom. The molecule has 1 heterocycles. The number of hydrogen-bond acceptors (Lipinski definition) is 3. The maximum absolute atomic E-state index is 5.85. The average molecular weight is 244 g/mol. The van der Waals surface area contributed by atoms with E-state index in [4.69, 9.17) is 5.73 Å². The number of hydrogen-bond donors (Lipinski definition) is 1. The minimum absolute atomic E-state index is 0.291. The summed E-state index contributed by atoms with van der Waals surface area (Å²) in [7, 11) is 0. The minimum atomic E-state index is 0.291. The van der Waals surface area contributed by atoms with Crippen molar-refractivity contribution in [2.75, 3.05) is 6.54 Å². The number of benzene rings is 1. The van der Waals surface area contributed by atoms with Crippen molar-refractivity contribution in [2.45, 2.75) is 17.1 Å². The van der Waals surface area contributed by atoms with Crippen molar-refractivity contribution in [2.24, 2.45) is 5.73 Å². The Morgan fingerprint density at radius 2 is 2.00 bits per heavy atom. The molecule has 2 N–H and O–H groups in total. The van der Waals surface area contributed by atoms with E-state index < -0.39 is 0 Å². The maximum Gasteiger partial charge on any atom is 0.0467 e. The normalized spacial score (nSPS) is 12.4. The zero-order valence-corrected chi connectivity index (χ0v) is 10.7. The van der Waals surface area contributed by atoms with Crippen LogP contribution in [0.25, 0.3) is 0 Å². The first kappa shape index (κ1) is 12.1. The third-order valence-corrected chi connectivity index (χ3v) is 3.84. The van der Waals surface area contributed by atoms with Crippen LogP contribution < -0.4 is 5.73 Å². The predicted octanol–water partition coefficient (Wildman–Crippen LogP) is 3.18. The van der Waals surface area contributed by atoms with Gasteiger partial charge in [-0.15, -0.1) is 11.8 Å². The molecule has 1 aromatic carbocycles. The van der Waals surface area contributed by atoms with Gasteiger partial charge in [0.05, 0.1) is 0 Å². The van der Waals surface area contributed by atoms with Crippen LogP contribution in [0.15, 0.2) is 53.7 Å². The number of nitrogens with two attached hydrogens (primary N) is 1. The molecule has 0 saturated carbocycles. The minimum Gasteiger partial charge on any atom is -0.329 e. The molecule has 0 aliphatic heterocycles. The molecule has 2 aromatic rings. The van der Waals surface area contributed by atoms with Crippen molar-refractivity contribution >= 4 is 11.8 Å². The molecule has 0 spiro atoms. The van der Waals surface area contributed by atoms with E-state index >= 15 is 0 Å². The summed E-state index contributed by atoms with van der Waals surface area (Å²) in [4.78, 5) is 5.29. The van der Waals surface area contributed by atoms with Crippen molar-refractivity contribution in [3.8, 4) is 0 Å². The molecule has 0 aliphatic rings. The van der Waals surface area contributed by atoms with Crippen LogP contribution in [0.2, 0.25) is 0 Å². The van der Waals surface area contributed by atoms with E-state index in [1.807, 2.05) is 24.5 Å². The van der Waals surface area contributed by atoms with Gasteiger partial charge in [-0.1, -0.05) is 17.7 Å². The summed E-state index contributed by atoms with van der Waals surface area (Å²) < 4.78 is 0. The Kier molecular flexibility index (Phi) is 4.18. The molecule has 1 aromatic heterocycles. The Hall–Kier alpha value is -1.32. The van der Waals surface area contributed by atoms with Crippen LogP contribution in [-0.2, 0) is 0 Å². The van der Waals surface area contributed by atoms with Crippen molar-refractivity contribution < 1.29 is 0 Å². The number of pyridine rings is 1. The average Bonchev–Trinajstić information content (AvgIpc) is 2.37. The van der Waals surface area contributed by atoms with Crippen LogP contribution in [0.4, 0.5) is 0 Å². The molecule has 0 fully saturated rings. The second kappa shape index (κ2) is 5.84. The molecule has 2 rings (SSSR count). The molecule has 0 amide bonds. The van der Waals surface area contributed by atoms with Crippen LogP contribution in [-0.4, -0.2) is 11.5 Å². The van der Waals surface area contributed by atoms with Crippen LogP contribution in [0.5, 0.6) is 0 Å². The molecule has 1 unspecified atom stereocenters. The summed E-state index contributed by atoms with van der Waals surface area (Å²) in [5, 5.41) is 0.291. The van der Waals surface area contributed by atoms with Gasteiger partial charge in [-0.3, -0.25) is 4.98 Å². The zero-order valence-electron chi connectivity index (χ0n) is 9.84. The van der Waals surface area contributed by atoms with E-state index in [1.165, 1.54) is 16.0 Å². The molecule has 88 valence electrons. The van der Waals surface area contributed by atoms with Gasteiger partial charge in [0.1, 0.15) is 0 Å². The third-order valence-electron chi connectivity index (χ3n) is 2.56. The van der Waals surface area contributed by atoms with Gasteiger partial charge in [-0.05, 0) is 36.8 Å². The zero-order chi connectivity index (χ0) is 12.1. The lowest BCUT2D eigenvalue weighted by molar-refractivity contribution is 0.936. The standard InChI is InChI=1S/C14H16N2S/c1-11-3-2-4-13(9-11)17-14(10-15)12-5-7-16-8-6-12/h2-9,14H,10,15H2,1H3. The molecule has 0 aliphatic carbocycles. The SMILES string of the molecule is Cc1cccc(SC(CN)c2ccncc2)c1. The van der Waals surface area contributed by atoms with Gasteiger partial charge in [0, 0.05) is 29.1 Å². The highest BCUT2D eigenvalue weighted by Gasteiger charge is 2.10. The third kappa shape index (κ3) is 3.32. The second-order valence-corrected chi connectivity index (χ2v) is 5.22. The number of aryl methyl sites for hydroxylation is 1. The largest absolute Gasteiger partial charge is 0.329 e. The van der Waals surface area contributed by atoms with E-state index in [1.54, 1.807) is 11.8 Å². The number of aromatic nitrogens is 1. The molecular formula is C14H16N2S. The second-order valence-electron chi connectivity index (χ2n) is 3.94. The molecule has 0 bridgehead atoms. The first-order chi connectivity index (χ1) is 8.29. The summed E-state index contributed by atoms with van der Waals surface area (Å²) in [6.07, 6.45) is 3.63. The first-order valence-corrected chi connectivity index (χ1v) is 6.51. The van der Waals surface area contributed by atoms with Gasteiger partial charge < -0.3 is 5.73 Å². The molecule has 0 saturated heterocycles. The number of rotatable bonds is 4. The summed E-state index contributed by atoms with van der Waals surface area (Å²) >= 11 is 1.80. The van der Waals surface area contributed by atoms with Crippen LogP contribution in [0, 0.1) is 6.92 Å².